The summed E-state index contributed by atoms with van der Waals surface area (Å²) < 4.78 is 34.4. The minimum absolute atomic E-state index is 0.172. The third-order valence-electron chi connectivity index (χ3n) is 9.22. The fraction of sp³-hybridized carbons (Fsp3) is 0.833. The van der Waals surface area contributed by atoms with E-state index in [0.29, 0.717) is 24.4 Å². The van der Waals surface area contributed by atoms with E-state index in [1.165, 1.54) is 0 Å². The van der Waals surface area contributed by atoms with Gasteiger partial charge in [-0.05, 0) is 97.1 Å². The van der Waals surface area contributed by atoms with Crippen molar-refractivity contribution in [3.63, 3.8) is 0 Å². The zero-order valence-electron chi connectivity index (χ0n) is 35.7. The van der Waals surface area contributed by atoms with Crippen molar-refractivity contribution < 1.29 is 50.0 Å². The predicted molar refractivity (Wildman–Crippen MR) is 220 cm³/mol. The largest absolute Gasteiger partial charge is 0.456 e. The Morgan fingerprint density at radius 3 is 1.27 bits per heavy atom. The van der Waals surface area contributed by atoms with Gasteiger partial charge in [-0.1, -0.05) is 13.2 Å². The van der Waals surface area contributed by atoms with Crippen molar-refractivity contribution >= 4 is 45.7 Å². The van der Waals surface area contributed by atoms with Gasteiger partial charge in [0.1, 0.15) is 32.8 Å². The first kappa shape index (κ1) is 50.0. The molecule has 1 atom stereocenters. The summed E-state index contributed by atoms with van der Waals surface area (Å²) in [6, 6.07) is 2.92. The Morgan fingerprint density at radius 1 is 0.549 bits per heavy atom. The number of aliphatic hydroxyl groups is 1. The van der Waals surface area contributed by atoms with Crippen LogP contribution in [-0.2, 0) is 31.4 Å². The fourth-order valence-corrected chi connectivity index (χ4v) is 26.0. The highest BCUT2D eigenvalue weighted by Crippen LogP contribution is 2.31. The molecule has 0 aliphatic rings. The monoisotopic (exact) mass is 795 g/mol. The molecule has 11 nitrogen and oxygen atoms in total. The Morgan fingerprint density at radius 2 is 0.902 bits per heavy atom. The van der Waals surface area contributed by atoms with Crippen LogP contribution in [-0.4, -0.2) is 166 Å². The highest BCUT2D eigenvalue weighted by atomic mass is 28.5. The Kier molecular flexibility index (Phi) is 20.8. The van der Waals surface area contributed by atoms with Crippen molar-refractivity contribution in [2.45, 2.75) is 97.1 Å². The zero-order valence-corrected chi connectivity index (χ0v) is 39.7. The lowest BCUT2D eigenvalue weighted by molar-refractivity contribution is -0.890. The van der Waals surface area contributed by atoms with Gasteiger partial charge in [0.2, 0.25) is 0 Å². The molecule has 0 aliphatic carbocycles. The second kappa shape index (κ2) is 21.2. The summed E-state index contributed by atoms with van der Waals surface area (Å²) in [7, 11) is 3.65. The topological polar surface area (TPSA) is 101 Å². The first-order valence-electron chi connectivity index (χ1n) is 18.8. The van der Waals surface area contributed by atoms with Crippen molar-refractivity contribution in [1.29, 1.82) is 0 Å². The summed E-state index contributed by atoms with van der Waals surface area (Å²) >= 11 is 0. The van der Waals surface area contributed by atoms with Gasteiger partial charge in [0.25, 0.3) is 0 Å². The Balaban J connectivity index is 5.54. The molecule has 0 aromatic carbocycles. The minimum Gasteiger partial charge on any atom is -0.456 e. The number of carbonyl (C=O) groups excluding carboxylic acids is 2. The van der Waals surface area contributed by atoms with E-state index < -0.39 is 33.8 Å². The molecule has 0 saturated heterocycles. The lowest BCUT2D eigenvalue weighted by Gasteiger charge is -2.43. The average Bonchev–Trinajstić information content (AvgIpc) is 2.90. The van der Waals surface area contributed by atoms with Crippen LogP contribution in [0, 0.1) is 0 Å². The molecule has 0 spiro atoms. The number of ether oxygens (including phenoxy) is 2. The highest BCUT2D eigenvalue weighted by Gasteiger charge is 2.46. The van der Waals surface area contributed by atoms with Crippen molar-refractivity contribution in [2.75, 3.05) is 101 Å². The molecule has 0 radical (unpaired) electrons. The van der Waals surface area contributed by atoms with Crippen LogP contribution in [0.5, 0.6) is 0 Å². The molecule has 0 aromatic rings. The van der Waals surface area contributed by atoms with Gasteiger partial charge in [-0.2, -0.15) is 0 Å². The molecule has 0 aromatic heterocycles. The molecule has 0 fully saturated rings. The molecular formula is C36H80N3O8Si4+3. The first-order chi connectivity index (χ1) is 23.0. The van der Waals surface area contributed by atoms with Gasteiger partial charge >= 0.3 is 29.1 Å². The lowest BCUT2D eigenvalue weighted by Crippen LogP contribution is -2.58. The number of quaternary nitrogens is 3. The Hall–Kier alpha value is -0.992. The summed E-state index contributed by atoms with van der Waals surface area (Å²) in [6.45, 7) is 32.6. The van der Waals surface area contributed by atoms with Gasteiger partial charge < -0.3 is 40.4 Å². The van der Waals surface area contributed by atoms with Crippen LogP contribution in [0.3, 0.4) is 0 Å². The van der Waals surface area contributed by atoms with Gasteiger partial charge in [0.05, 0.1) is 68.5 Å². The van der Waals surface area contributed by atoms with Crippen LogP contribution < -0.4 is 0 Å². The van der Waals surface area contributed by atoms with Crippen LogP contribution in [0.4, 0.5) is 0 Å². The normalized spacial score (nSPS) is 14.6. The maximum absolute atomic E-state index is 11.8. The van der Waals surface area contributed by atoms with Crippen molar-refractivity contribution in [3.05, 3.63) is 24.3 Å². The maximum atomic E-state index is 11.8. The quantitative estimate of drug-likeness (QED) is 0.0456. The van der Waals surface area contributed by atoms with Crippen LogP contribution in [0.25, 0.3) is 0 Å². The molecule has 15 heteroatoms. The molecule has 0 saturated carbocycles. The van der Waals surface area contributed by atoms with Crippen molar-refractivity contribution in [3.8, 4) is 0 Å². The van der Waals surface area contributed by atoms with Gasteiger partial charge in [-0.3, -0.25) is 0 Å². The minimum atomic E-state index is -2.65. The maximum Gasteiger partial charge on any atom is 0.333 e. The van der Waals surface area contributed by atoms with Crippen LogP contribution in [0.2, 0.25) is 64.0 Å². The summed E-state index contributed by atoms with van der Waals surface area (Å²) in [5.74, 6) is -0.665. The van der Waals surface area contributed by atoms with Gasteiger partial charge in [0, 0.05) is 11.1 Å². The number of aliphatic hydroxyl groups excluding tert-OH is 1. The van der Waals surface area contributed by atoms with E-state index in [-0.39, 0.29) is 18.5 Å². The van der Waals surface area contributed by atoms with E-state index in [9.17, 15) is 14.7 Å². The molecule has 0 amide bonds. The highest BCUT2D eigenvalue weighted by molar-refractivity contribution is 6.89. The third kappa shape index (κ3) is 24.1. The molecule has 0 heterocycles. The van der Waals surface area contributed by atoms with Gasteiger partial charge in [-0.25, -0.2) is 9.59 Å². The Bertz CT molecular complexity index is 1130. The number of rotatable bonds is 28. The number of hydrogen-bond donors (Lipinski definition) is 1. The molecule has 0 aliphatic heterocycles. The average molecular weight is 795 g/mol. The van der Waals surface area contributed by atoms with E-state index in [1.807, 2.05) is 0 Å². The number of hydrogen-bond acceptors (Lipinski definition) is 8. The molecule has 0 bridgehead atoms. The Labute approximate surface area is 317 Å². The van der Waals surface area contributed by atoms with Crippen molar-refractivity contribution in [2.24, 2.45) is 0 Å². The summed E-state index contributed by atoms with van der Waals surface area (Å²) in [5.41, 5.74) is 0.851. The smallest absolute Gasteiger partial charge is 0.333 e. The SMILES string of the molecule is C=C(C)C(=O)OCC[N+](C)(C)CCC[Si](C)(C)O[Si](C)(C)O[Si](C)(CCC[N+](C)(C)CCO)O[Si](C)(C)CCC[N+](C)(C)CCOC(=O)C(=C)C. The zero-order chi connectivity index (χ0) is 40.0. The van der Waals surface area contributed by atoms with Gasteiger partial charge in [-0.15, -0.1) is 0 Å². The number of carbonyl (C=O) groups is 2. The van der Waals surface area contributed by atoms with Crippen LogP contribution in [0.1, 0.15) is 33.1 Å². The number of esters is 2. The molecule has 1 unspecified atom stereocenters. The summed E-state index contributed by atoms with van der Waals surface area (Å²) in [6.07, 6.45) is 3.01. The second-order valence-corrected chi connectivity index (χ2v) is 34.4. The van der Waals surface area contributed by atoms with E-state index in [1.54, 1.807) is 13.8 Å². The second-order valence-electron chi connectivity index (χ2n) is 18.4. The van der Waals surface area contributed by atoms with E-state index in [4.69, 9.17) is 21.8 Å². The molecule has 51 heavy (non-hydrogen) atoms. The van der Waals surface area contributed by atoms with Crippen molar-refractivity contribution in [1.82, 2.24) is 0 Å². The molecule has 0 rings (SSSR count). The van der Waals surface area contributed by atoms with E-state index >= 15 is 0 Å². The summed E-state index contributed by atoms with van der Waals surface area (Å²) in [4.78, 5) is 23.6. The predicted octanol–water partition coefficient (Wildman–Crippen LogP) is 5.85. The van der Waals surface area contributed by atoms with Crippen LogP contribution in [0.15, 0.2) is 24.3 Å². The standard InChI is InChI=1S/C36H80N3O8Si4/c1-33(2)35(41)43-28-25-38(7,8)21-18-30-48(11,12)45-50(15,16)47-51(17,32-20-23-37(5,6)24-27-40)46-49(13,14)31-19-22-39(9,10)26-29-44-36(42)34(3)4/h40H,1,3,18-32H2,2,4-17H3/q+3. The van der Waals surface area contributed by atoms with E-state index in [0.717, 1.165) is 90.1 Å². The lowest BCUT2D eigenvalue weighted by atomic mass is 10.3. The van der Waals surface area contributed by atoms with Crippen LogP contribution >= 0.6 is 0 Å². The first-order valence-corrected chi connectivity index (χ1v) is 30.4. The summed E-state index contributed by atoms with van der Waals surface area (Å²) in [5, 5.41) is 9.58. The number of likely N-dealkylation sites (N-methyl/N-ethyl adjacent to an activating group) is 3. The van der Waals surface area contributed by atoms with Gasteiger partial charge in [0.15, 0.2) is 16.6 Å². The fourth-order valence-electron chi connectivity index (χ4n) is 6.33. The third-order valence-corrected chi connectivity index (χ3v) is 25.4. The molecule has 1 N–H and O–H groups in total. The molecular weight excluding hydrogens is 715 g/mol. The molecule has 300 valence electrons. The number of nitrogens with zero attached hydrogens (tertiary/aromatic N) is 3. The van der Waals surface area contributed by atoms with E-state index in [2.05, 4.69) is 101 Å².